The molecule has 1 aromatic carbocycles. The Morgan fingerprint density at radius 3 is 3.06 bits per heavy atom. The summed E-state index contributed by atoms with van der Waals surface area (Å²) >= 11 is 3.47. The molecule has 1 heterocycles. The number of anilines is 1. The lowest BCUT2D eigenvalue weighted by Crippen LogP contribution is -2.24. The van der Waals surface area contributed by atoms with Crippen LogP contribution in [0, 0.1) is 11.3 Å². The Hall–Kier alpha value is -1.05. The van der Waals surface area contributed by atoms with E-state index in [4.69, 9.17) is 5.26 Å². The van der Waals surface area contributed by atoms with E-state index < -0.39 is 0 Å². The van der Waals surface area contributed by atoms with Crippen LogP contribution in [-0.2, 0) is 0 Å². The summed E-state index contributed by atoms with van der Waals surface area (Å²) in [5.74, 6) is 0. The second-order valence-corrected chi connectivity index (χ2v) is 5.17. The highest BCUT2D eigenvalue weighted by Gasteiger charge is 2.13. The van der Waals surface area contributed by atoms with Gasteiger partial charge in [0.1, 0.15) is 0 Å². The number of rotatable bonds is 4. The smallest absolute Gasteiger partial charge is 0.0992 e. The van der Waals surface area contributed by atoms with Gasteiger partial charge in [-0.05, 0) is 59.9 Å². The van der Waals surface area contributed by atoms with Crippen molar-refractivity contribution in [3.63, 3.8) is 0 Å². The number of halogens is 1. The van der Waals surface area contributed by atoms with Crippen molar-refractivity contribution in [2.75, 3.05) is 18.4 Å². The molecule has 0 amide bonds. The Balaban J connectivity index is 1.84. The van der Waals surface area contributed by atoms with Crippen LogP contribution in [0.2, 0.25) is 0 Å². The minimum Gasteiger partial charge on any atom is -0.384 e. The first-order chi connectivity index (χ1) is 8.29. The number of nitriles is 1. The van der Waals surface area contributed by atoms with E-state index in [2.05, 4.69) is 32.6 Å². The Kier molecular flexibility index (Phi) is 4.41. The second-order valence-electron chi connectivity index (χ2n) is 4.32. The molecular weight excluding hydrogens is 278 g/mol. The number of hydrogen-bond acceptors (Lipinski definition) is 3. The molecular formula is C13H16BrN3. The minimum absolute atomic E-state index is 0.666. The molecule has 0 radical (unpaired) electrons. The van der Waals surface area contributed by atoms with E-state index in [0.29, 0.717) is 11.6 Å². The molecule has 0 spiro atoms. The Morgan fingerprint density at radius 1 is 1.53 bits per heavy atom. The van der Waals surface area contributed by atoms with Crippen molar-refractivity contribution in [1.29, 1.82) is 5.26 Å². The molecule has 1 saturated heterocycles. The van der Waals surface area contributed by atoms with Crippen molar-refractivity contribution in [1.82, 2.24) is 5.32 Å². The van der Waals surface area contributed by atoms with Gasteiger partial charge in [-0.3, -0.25) is 0 Å². The highest BCUT2D eigenvalue weighted by atomic mass is 79.9. The molecule has 0 aromatic heterocycles. The largest absolute Gasteiger partial charge is 0.384 e. The van der Waals surface area contributed by atoms with E-state index in [9.17, 15) is 0 Å². The first-order valence-corrected chi connectivity index (χ1v) is 6.76. The van der Waals surface area contributed by atoms with Crippen LogP contribution in [0.15, 0.2) is 22.7 Å². The summed E-state index contributed by atoms with van der Waals surface area (Å²) in [7, 11) is 0. The lowest BCUT2D eigenvalue weighted by Gasteiger charge is -2.12. The normalized spacial score (nSPS) is 18.9. The van der Waals surface area contributed by atoms with E-state index in [-0.39, 0.29) is 0 Å². The maximum atomic E-state index is 8.77. The van der Waals surface area contributed by atoms with Gasteiger partial charge in [0, 0.05) is 22.7 Å². The fourth-order valence-corrected chi connectivity index (χ4v) is 2.63. The van der Waals surface area contributed by atoms with Gasteiger partial charge in [-0.1, -0.05) is 0 Å². The quantitative estimate of drug-likeness (QED) is 0.897. The predicted molar refractivity (Wildman–Crippen MR) is 73.0 cm³/mol. The van der Waals surface area contributed by atoms with E-state index in [0.717, 1.165) is 29.7 Å². The van der Waals surface area contributed by atoms with Gasteiger partial charge in [0.2, 0.25) is 0 Å². The first kappa shape index (κ1) is 12.4. The maximum Gasteiger partial charge on any atom is 0.0992 e. The van der Waals surface area contributed by atoms with E-state index in [1.54, 1.807) is 0 Å². The van der Waals surface area contributed by atoms with Crippen molar-refractivity contribution in [3.8, 4) is 6.07 Å². The summed E-state index contributed by atoms with van der Waals surface area (Å²) in [6.07, 6.45) is 3.73. The third kappa shape index (κ3) is 3.45. The number of nitrogens with zero attached hydrogens (tertiary/aromatic N) is 1. The highest BCUT2D eigenvalue weighted by Crippen LogP contribution is 2.23. The van der Waals surface area contributed by atoms with Gasteiger partial charge >= 0.3 is 0 Å². The lowest BCUT2D eigenvalue weighted by molar-refractivity contribution is 0.574. The van der Waals surface area contributed by atoms with Gasteiger partial charge in [0.15, 0.2) is 0 Å². The fraction of sp³-hybridized carbons (Fsp3) is 0.462. The van der Waals surface area contributed by atoms with Crippen LogP contribution in [-0.4, -0.2) is 19.1 Å². The van der Waals surface area contributed by atoms with Gasteiger partial charge in [0.05, 0.1) is 11.6 Å². The lowest BCUT2D eigenvalue weighted by atomic mass is 10.1. The molecule has 1 fully saturated rings. The van der Waals surface area contributed by atoms with Gasteiger partial charge < -0.3 is 10.6 Å². The molecule has 1 aliphatic rings. The van der Waals surface area contributed by atoms with Crippen LogP contribution in [0.25, 0.3) is 0 Å². The van der Waals surface area contributed by atoms with Crippen LogP contribution >= 0.6 is 15.9 Å². The maximum absolute atomic E-state index is 8.77. The van der Waals surface area contributed by atoms with E-state index in [1.807, 2.05) is 18.2 Å². The number of benzene rings is 1. The van der Waals surface area contributed by atoms with Crippen molar-refractivity contribution >= 4 is 21.6 Å². The molecule has 3 nitrogen and oxygen atoms in total. The fourth-order valence-electron chi connectivity index (χ4n) is 2.11. The summed E-state index contributed by atoms with van der Waals surface area (Å²) < 4.78 is 0.955. The van der Waals surface area contributed by atoms with Crippen LogP contribution in [0.4, 0.5) is 5.69 Å². The van der Waals surface area contributed by atoms with Crippen molar-refractivity contribution in [2.45, 2.75) is 25.3 Å². The van der Waals surface area contributed by atoms with Crippen molar-refractivity contribution < 1.29 is 0 Å². The second kappa shape index (κ2) is 6.04. The zero-order valence-electron chi connectivity index (χ0n) is 9.67. The van der Waals surface area contributed by atoms with Crippen molar-refractivity contribution in [3.05, 3.63) is 28.2 Å². The average molecular weight is 294 g/mol. The van der Waals surface area contributed by atoms with Crippen LogP contribution < -0.4 is 10.6 Å². The van der Waals surface area contributed by atoms with Gasteiger partial charge in [0.25, 0.3) is 0 Å². The zero-order chi connectivity index (χ0) is 12.1. The first-order valence-electron chi connectivity index (χ1n) is 5.96. The summed E-state index contributed by atoms with van der Waals surface area (Å²) in [4.78, 5) is 0. The molecule has 1 aliphatic heterocycles. The van der Waals surface area contributed by atoms with Crippen LogP contribution in [0.3, 0.4) is 0 Å². The summed E-state index contributed by atoms with van der Waals surface area (Å²) in [5, 5.41) is 15.6. The third-order valence-electron chi connectivity index (χ3n) is 3.07. The Labute approximate surface area is 110 Å². The highest BCUT2D eigenvalue weighted by molar-refractivity contribution is 9.10. The topological polar surface area (TPSA) is 47.9 Å². The average Bonchev–Trinajstić information content (AvgIpc) is 2.84. The predicted octanol–water partition coefficient (Wildman–Crippen LogP) is 2.87. The summed E-state index contributed by atoms with van der Waals surface area (Å²) in [6.45, 7) is 2.12. The molecule has 4 heteroatoms. The van der Waals surface area contributed by atoms with Gasteiger partial charge in [-0.25, -0.2) is 0 Å². The molecule has 17 heavy (non-hydrogen) atoms. The molecule has 2 rings (SSSR count). The molecule has 0 bridgehead atoms. The molecule has 0 saturated carbocycles. The SMILES string of the molecule is N#Cc1ccc(NCC[C@H]2CCCN2)c(Br)c1. The molecule has 1 atom stereocenters. The molecule has 1 aromatic rings. The van der Waals surface area contributed by atoms with Crippen molar-refractivity contribution in [2.24, 2.45) is 0 Å². The number of nitrogens with one attached hydrogen (secondary N) is 2. The molecule has 0 aliphatic carbocycles. The molecule has 90 valence electrons. The standard InChI is InChI=1S/C13H16BrN3/c14-12-8-10(9-15)3-4-13(12)17-7-5-11-2-1-6-16-11/h3-4,8,11,16-17H,1-2,5-7H2/t11-/m1/s1. The van der Waals surface area contributed by atoms with Crippen LogP contribution in [0.1, 0.15) is 24.8 Å². The Bertz CT molecular complexity index is 419. The van der Waals surface area contributed by atoms with E-state index >= 15 is 0 Å². The zero-order valence-corrected chi connectivity index (χ0v) is 11.3. The molecule has 0 unspecified atom stereocenters. The van der Waals surface area contributed by atoms with Crippen LogP contribution in [0.5, 0.6) is 0 Å². The molecule has 2 N–H and O–H groups in total. The summed E-state index contributed by atoms with van der Waals surface area (Å²) in [5.41, 5.74) is 1.74. The third-order valence-corrected chi connectivity index (χ3v) is 3.72. The monoisotopic (exact) mass is 293 g/mol. The van der Waals surface area contributed by atoms with Gasteiger partial charge in [-0.2, -0.15) is 5.26 Å². The van der Waals surface area contributed by atoms with E-state index in [1.165, 1.54) is 12.8 Å². The minimum atomic E-state index is 0.666. The van der Waals surface area contributed by atoms with Gasteiger partial charge in [-0.15, -0.1) is 0 Å². The number of hydrogen-bond donors (Lipinski definition) is 2. The summed E-state index contributed by atoms with van der Waals surface area (Å²) in [6, 6.07) is 8.42. The Morgan fingerprint density at radius 2 is 2.41 bits per heavy atom.